The lowest BCUT2D eigenvalue weighted by Gasteiger charge is -2.35. The maximum Gasteiger partial charge on any atom is 0.204 e. The van der Waals surface area contributed by atoms with Crippen molar-refractivity contribution in [3.63, 3.8) is 0 Å². The van der Waals surface area contributed by atoms with E-state index in [0.29, 0.717) is 45.4 Å². The Labute approximate surface area is 138 Å². The van der Waals surface area contributed by atoms with E-state index >= 15 is 0 Å². The molecule has 1 aromatic heterocycles. The van der Waals surface area contributed by atoms with E-state index in [1.165, 1.54) is 7.11 Å². The molecule has 1 N–H and O–H groups in total. The summed E-state index contributed by atoms with van der Waals surface area (Å²) in [7, 11) is 1.50. The Morgan fingerprint density at radius 1 is 1.29 bits per heavy atom. The number of aliphatic hydroxyl groups is 1. The monoisotopic (exact) mass is 326 g/mol. The van der Waals surface area contributed by atoms with Crippen LogP contribution in [0.1, 0.15) is 31.9 Å². The summed E-state index contributed by atoms with van der Waals surface area (Å²) in [5.74, 6) is 0.870. The third-order valence-corrected chi connectivity index (χ3v) is 4.44. The van der Waals surface area contributed by atoms with Crippen LogP contribution in [-0.4, -0.2) is 17.8 Å². The standard InChI is InChI=1S/C19H18O5/c1-19(2)9-11(20)15-14(24-19)8-13(22-3)16-17(21)10-6-4-5-7-12(10)23-18(15)16/h4-8,11,20H,9H2,1-3H3/t11-/m1/s1. The Morgan fingerprint density at radius 2 is 2.04 bits per heavy atom. The number of aliphatic hydroxyl groups excluding tert-OH is 1. The summed E-state index contributed by atoms with van der Waals surface area (Å²) in [4.78, 5) is 12.9. The number of hydrogen-bond acceptors (Lipinski definition) is 5. The molecule has 2 heterocycles. The average molecular weight is 326 g/mol. The fourth-order valence-corrected chi connectivity index (χ4v) is 3.40. The molecular weight excluding hydrogens is 308 g/mol. The van der Waals surface area contributed by atoms with Crippen LogP contribution in [0.3, 0.4) is 0 Å². The molecule has 0 bridgehead atoms. The first kappa shape index (κ1) is 15.0. The average Bonchev–Trinajstić information content (AvgIpc) is 2.52. The van der Waals surface area contributed by atoms with Crippen molar-refractivity contribution in [1.82, 2.24) is 0 Å². The molecule has 1 aliphatic rings. The smallest absolute Gasteiger partial charge is 0.204 e. The second-order valence-electron chi connectivity index (χ2n) is 6.70. The Balaban J connectivity index is 2.18. The second-order valence-corrected chi connectivity index (χ2v) is 6.70. The normalized spacial score (nSPS) is 19.1. The lowest BCUT2D eigenvalue weighted by molar-refractivity contribution is 0.0119. The summed E-state index contributed by atoms with van der Waals surface area (Å²) in [6.07, 6.45) is -0.362. The highest BCUT2D eigenvalue weighted by molar-refractivity contribution is 5.96. The Morgan fingerprint density at radius 3 is 2.79 bits per heavy atom. The van der Waals surface area contributed by atoms with Gasteiger partial charge in [-0.3, -0.25) is 4.79 Å². The Hall–Kier alpha value is -2.53. The van der Waals surface area contributed by atoms with Gasteiger partial charge in [0.05, 0.1) is 24.2 Å². The quantitative estimate of drug-likeness (QED) is 0.693. The molecule has 0 fully saturated rings. The van der Waals surface area contributed by atoms with E-state index in [9.17, 15) is 9.90 Å². The molecule has 2 aromatic carbocycles. The first-order valence-electron chi connectivity index (χ1n) is 7.85. The topological polar surface area (TPSA) is 68.9 Å². The van der Waals surface area contributed by atoms with Gasteiger partial charge < -0.3 is 19.0 Å². The summed E-state index contributed by atoms with van der Waals surface area (Å²) in [6.45, 7) is 3.82. The van der Waals surface area contributed by atoms with Crippen molar-refractivity contribution in [3.05, 3.63) is 46.1 Å². The van der Waals surface area contributed by atoms with Crippen LogP contribution in [0.5, 0.6) is 11.5 Å². The molecule has 0 amide bonds. The minimum absolute atomic E-state index is 0.177. The van der Waals surface area contributed by atoms with Crippen molar-refractivity contribution in [1.29, 1.82) is 0 Å². The van der Waals surface area contributed by atoms with E-state index in [2.05, 4.69) is 0 Å². The predicted molar refractivity (Wildman–Crippen MR) is 90.8 cm³/mol. The van der Waals surface area contributed by atoms with Gasteiger partial charge >= 0.3 is 0 Å². The highest BCUT2D eigenvalue weighted by atomic mass is 16.5. The summed E-state index contributed by atoms with van der Waals surface area (Å²) in [5, 5.41) is 11.5. The Kier molecular flexibility index (Phi) is 3.12. The van der Waals surface area contributed by atoms with Gasteiger partial charge in [-0.25, -0.2) is 0 Å². The maximum absolute atomic E-state index is 12.9. The molecule has 5 nitrogen and oxygen atoms in total. The molecule has 0 saturated carbocycles. The summed E-state index contributed by atoms with van der Waals surface area (Å²) >= 11 is 0. The molecule has 124 valence electrons. The predicted octanol–water partition coefficient (Wildman–Crippen LogP) is 3.55. The molecule has 3 aromatic rings. The lowest BCUT2D eigenvalue weighted by atomic mass is 9.90. The molecule has 0 unspecified atom stereocenters. The molecular formula is C19H18O5. The van der Waals surface area contributed by atoms with Crippen LogP contribution in [0.4, 0.5) is 0 Å². The summed E-state index contributed by atoms with van der Waals surface area (Å²) in [6, 6.07) is 8.71. The number of benzene rings is 2. The van der Waals surface area contributed by atoms with Gasteiger partial charge in [0.2, 0.25) is 5.43 Å². The minimum Gasteiger partial charge on any atom is -0.496 e. The zero-order chi connectivity index (χ0) is 17.1. The number of ether oxygens (including phenoxy) is 2. The fourth-order valence-electron chi connectivity index (χ4n) is 3.40. The van der Waals surface area contributed by atoms with Crippen LogP contribution in [0.15, 0.2) is 39.5 Å². The van der Waals surface area contributed by atoms with Crippen molar-refractivity contribution >= 4 is 21.9 Å². The Bertz CT molecular complexity index is 1020. The molecule has 1 aliphatic heterocycles. The van der Waals surface area contributed by atoms with Gasteiger partial charge in [0, 0.05) is 12.5 Å². The zero-order valence-electron chi connectivity index (χ0n) is 13.8. The molecule has 0 radical (unpaired) electrons. The van der Waals surface area contributed by atoms with Gasteiger partial charge in [-0.2, -0.15) is 0 Å². The van der Waals surface area contributed by atoms with Gasteiger partial charge in [0.1, 0.15) is 28.1 Å². The van der Waals surface area contributed by atoms with Gasteiger partial charge in [0.15, 0.2) is 5.58 Å². The van der Waals surface area contributed by atoms with Gasteiger partial charge in [-0.05, 0) is 26.0 Å². The second kappa shape index (κ2) is 4.98. The van der Waals surface area contributed by atoms with E-state index in [1.807, 2.05) is 13.8 Å². The number of methoxy groups -OCH3 is 1. The number of rotatable bonds is 1. The molecule has 24 heavy (non-hydrogen) atoms. The van der Waals surface area contributed by atoms with E-state index in [1.54, 1.807) is 30.3 Å². The third-order valence-electron chi connectivity index (χ3n) is 4.44. The van der Waals surface area contributed by atoms with Crippen molar-refractivity contribution < 1.29 is 19.0 Å². The summed E-state index contributed by atoms with van der Waals surface area (Å²) in [5.41, 5.74) is 0.623. The van der Waals surface area contributed by atoms with Crippen molar-refractivity contribution in [2.45, 2.75) is 32.0 Å². The first-order chi connectivity index (χ1) is 11.4. The summed E-state index contributed by atoms with van der Waals surface area (Å²) < 4.78 is 17.4. The molecule has 0 spiro atoms. The van der Waals surface area contributed by atoms with Crippen LogP contribution in [0, 0.1) is 0 Å². The molecule has 4 rings (SSSR count). The minimum atomic E-state index is -0.776. The van der Waals surface area contributed by atoms with Crippen LogP contribution in [0.25, 0.3) is 21.9 Å². The van der Waals surface area contributed by atoms with Crippen LogP contribution in [-0.2, 0) is 0 Å². The largest absolute Gasteiger partial charge is 0.496 e. The SMILES string of the molecule is COc1cc2c(c3oc4ccccc4c(=O)c13)[C@H](O)CC(C)(C)O2. The van der Waals surface area contributed by atoms with Gasteiger partial charge in [-0.1, -0.05) is 12.1 Å². The maximum atomic E-state index is 12.9. The number of para-hydroxylation sites is 1. The molecule has 0 saturated heterocycles. The van der Waals surface area contributed by atoms with Crippen LogP contribution >= 0.6 is 0 Å². The van der Waals surface area contributed by atoms with E-state index < -0.39 is 11.7 Å². The van der Waals surface area contributed by atoms with Crippen LogP contribution < -0.4 is 14.9 Å². The molecule has 5 heteroatoms. The fraction of sp³-hybridized carbons (Fsp3) is 0.316. The van der Waals surface area contributed by atoms with E-state index in [4.69, 9.17) is 13.9 Å². The van der Waals surface area contributed by atoms with Crippen molar-refractivity contribution in [2.75, 3.05) is 7.11 Å². The van der Waals surface area contributed by atoms with Gasteiger partial charge in [-0.15, -0.1) is 0 Å². The third kappa shape index (κ3) is 2.08. The highest BCUT2D eigenvalue weighted by Gasteiger charge is 2.36. The zero-order valence-corrected chi connectivity index (χ0v) is 13.8. The van der Waals surface area contributed by atoms with Crippen molar-refractivity contribution in [3.8, 4) is 11.5 Å². The highest BCUT2D eigenvalue weighted by Crippen LogP contribution is 2.46. The van der Waals surface area contributed by atoms with Crippen LogP contribution in [0.2, 0.25) is 0 Å². The number of fused-ring (bicyclic) bond motifs is 4. The van der Waals surface area contributed by atoms with Gasteiger partial charge in [0.25, 0.3) is 0 Å². The molecule has 0 aliphatic carbocycles. The molecule has 1 atom stereocenters. The van der Waals surface area contributed by atoms with E-state index in [-0.39, 0.29) is 5.43 Å². The van der Waals surface area contributed by atoms with E-state index in [0.717, 1.165) is 0 Å². The lowest BCUT2D eigenvalue weighted by Crippen LogP contribution is -2.35. The number of hydrogen-bond donors (Lipinski definition) is 1. The first-order valence-corrected chi connectivity index (χ1v) is 7.85. The van der Waals surface area contributed by atoms with Crippen molar-refractivity contribution in [2.24, 2.45) is 0 Å².